The summed E-state index contributed by atoms with van der Waals surface area (Å²) in [5.41, 5.74) is 12.9. The first-order chi connectivity index (χ1) is 14.6. The lowest BCUT2D eigenvalue weighted by Crippen LogP contribution is -2.26. The molecular weight excluding hydrogens is 370 g/mol. The predicted molar refractivity (Wildman–Crippen MR) is 125 cm³/mol. The van der Waals surface area contributed by atoms with Crippen LogP contribution in [-0.4, -0.2) is 20.0 Å². The fraction of sp³-hybridized carbons (Fsp3) is 0.269. The van der Waals surface area contributed by atoms with Gasteiger partial charge in [0.1, 0.15) is 0 Å². The molecular formula is C26H31N3O. The quantitative estimate of drug-likeness (QED) is 0.554. The normalized spacial score (nSPS) is 10.8. The first-order valence-corrected chi connectivity index (χ1v) is 10.5. The fourth-order valence-corrected chi connectivity index (χ4v) is 3.79. The summed E-state index contributed by atoms with van der Waals surface area (Å²) >= 11 is 0. The Hall–Kier alpha value is -2.95. The number of nitrogens with zero attached hydrogens (tertiary/aromatic N) is 1. The van der Waals surface area contributed by atoms with Crippen LogP contribution >= 0.6 is 0 Å². The third-order valence-corrected chi connectivity index (χ3v) is 5.51. The van der Waals surface area contributed by atoms with Gasteiger partial charge in [-0.05, 0) is 59.8 Å². The van der Waals surface area contributed by atoms with Crippen molar-refractivity contribution in [3.8, 4) is 11.1 Å². The van der Waals surface area contributed by atoms with E-state index >= 15 is 0 Å². The van der Waals surface area contributed by atoms with E-state index < -0.39 is 0 Å². The molecule has 4 heteroatoms. The van der Waals surface area contributed by atoms with Crippen molar-refractivity contribution in [3.05, 3.63) is 89.5 Å². The van der Waals surface area contributed by atoms with Crippen molar-refractivity contribution in [2.75, 3.05) is 19.0 Å². The molecule has 0 aromatic heterocycles. The largest absolute Gasteiger partial charge is 0.326 e. The van der Waals surface area contributed by atoms with Gasteiger partial charge in [-0.1, -0.05) is 60.7 Å². The number of aryl methyl sites for hydroxylation is 1. The summed E-state index contributed by atoms with van der Waals surface area (Å²) in [5, 5.41) is 3.19. The van der Waals surface area contributed by atoms with Crippen LogP contribution in [0, 0.1) is 0 Å². The van der Waals surface area contributed by atoms with Crippen molar-refractivity contribution < 1.29 is 4.79 Å². The summed E-state index contributed by atoms with van der Waals surface area (Å²) in [6.07, 6.45) is 2.18. The minimum Gasteiger partial charge on any atom is -0.326 e. The topological polar surface area (TPSA) is 58.4 Å². The number of hydrogen-bond acceptors (Lipinski definition) is 3. The molecule has 30 heavy (non-hydrogen) atoms. The highest BCUT2D eigenvalue weighted by Gasteiger charge is 2.12. The number of amides is 1. The Kier molecular flexibility index (Phi) is 7.77. The van der Waals surface area contributed by atoms with Crippen LogP contribution in [0.25, 0.3) is 11.1 Å². The van der Waals surface area contributed by atoms with Gasteiger partial charge in [0.25, 0.3) is 0 Å². The maximum atomic E-state index is 12.7. The Balaban J connectivity index is 1.58. The summed E-state index contributed by atoms with van der Waals surface area (Å²) in [7, 11) is 3.78. The predicted octanol–water partition coefficient (Wildman–Crippen LogP) is 4.52. The van der Waals surface area contributed by atoms with Gasteiger partial charge in [-0.15, -0.1) is 0 Å². The number of nitrogens with one attached hydrogen (secondary N) is 1. The highest BCUT2D eigenvalue weighted by molar-refractivity contribution is 5.93. The SMILES string of the molecule is CNCc1cccc(CCCC(=O)N(C)c2ccc(-c3ccccc3)cc2)c1CN. The molecule has 0 fully saturated rings. The van der Waals surface area contributed by atoms with Crippen molar-refractivity contribution in [2.24, 2.45) is 5.73 Å². The molecule has 0 aliphatic heterocycles. The number of carbonyl (C=O) groups is 1. The first-order valence-electron chi connectivity index (χ1n) is 10.5. The first kappa shape index (κ1) is 21.8. The van der Waals surface area contributed by atoms with Gasteiger partial charge in [-0.2, -0.15) is 0 Å². The molecule has 156 valence electrons. The summed E-state index contributed by atoms with van der Waals surface area (Å²) in [5.74, 6) is 0.128. The molecule has 0 aliphatic carbocycles. The molecule has 0 saturated carbocycles. The van der Waals surface area contributed by atoms with Crippen molar-refractivity contribution in [3.63, 3.8) is 0 Å². The van der Waals surface area contributed by atoms with Crippen molar-refractivity contribution >= 4 is 11.6 Å². The maximum Gasteiger partial charge on any atom is 0.226 e. The van der Waals surface area contributed by atoms with Crippen LogP contribution in [0.5, 0.6) is 0 Å². The molecule has 3 aromatic carbocycles. The summed E-state index contributed by atoms with van der Waals surface area (Å²) in [6.45, 7) is 1.33. The van der Waals surface area contributed by atoms with Crippen LogP contribution in [0.4, 0.5) is 5.69 Å². The Morgan fingerprint density at radius 3 is 2.23 bits per heavy atom. The number of carbonyl (C=O) groups excluding carboxylic acids is 1. The lowest BCUT2D eigenvalue weighted by Gasteiger charge is -2.18. The van der Waals surface area contributed by atoms with E-state index in [-0.39, 0.29) is 5.91 Å². The molecule has 1 amide bonds. The Morgan fingerprint density at radius 1 is 0.900 bits per heavy atom. The molecule has 0 heterocycles. The number of anilines is 1. The van der Waals surface area contributed by atoms with E-state index in [2.05, 4.69) is 47.8 Å². The van der Waals surface area contributed by atoms with Crippen molar-refractivity contribution in [1.29, 1.82) is 0 Å². The standard InChI is InChI=1S/C26H31N3O/c1-28-19-23-12-6-10-22(25(23)18-27)11-7-13-26(30)29(2)24-16-14-21(15-17-24)20-8-4-3-5-9-20/h3-6,8-10,12,14-17,28H,7,11,13,18-19,27H2,1-2H3. The highest BCUT2D eigenvalue weighted by atomic mass is 16.2. The molecule has 0 unspecified atom stereocenters. The van der Waals surface area contributed by atoms with Gasteiger partial charge in [0, 0.05) is 32.2 Å². The number of benzene rings is 3. The number of rotatable bonds is 9. The summed E-state index contributed by atoms with van der Waals surface area (Å²) < 4.78 is 0. The lowest BCUT2D eigenvalue weighted by molar-refractivity contribution is -0.118. The molecule has 0 spiro atoms. The van der Waals surface area contributed by atoms with Gasteiger partial charge in [0.15, 0.2) is 0 Å². The maximum absolute atomic E-state index is 12.7. The van der Waals surface area contributed by atoms with Crippen LogP contribution < -0.4 is 16.0 Å². The van der Waals surface area contributed by atoms with Gasteiger partial charge in [-0.3, -0.25) is 4.79 Å². The van der Waals surface area contributed by atoms with Crippen LogP contribution in [0.2, 0.25) is 0 Å². The molecule has 0 bridgehead atoms. The van der Waals surface area contributed by atoms with E-state index in [0.29, 0.717) is 13.0 Å². The van der Waals surface area contributed by atoms with E-state index in [1.807, 2.05) is 44.4 Å². The van der Waals surface area contributed by atoms with Crippen LogP contribution in [-0.2, 0) is 24.3 Å². The average molecular weight is 402 g/mol. The molecule has 0 saturated heterocycles. The number of nitrogens with two attached hydrogens (primary N) is 1. The van der Waals surface area contributed by atoms with Crippen molar-refractivity contribution in [1.82, 2.24) is 5.32 Å². The molecule has 0 radical (unpaired) electrons. The van der Waals surface area contributed by atoms with E-state index in [1.165, 1.54) is 22.3 Å². The monoisotopic (exact) mass is 401 g/mol. The molecule has 3 aromatic rings. The second kappa shape index (κ2) is 10.7. The molecule has 0 aliphatic rings. The summed E-state index contributed by atoms with van der Waals surface area (Å²) in [6, 6.07) is 24.7. The summed E-state index contributed by atoms with van der Waals surface area (Å²) in [4.78, 5) is 14.4. The van der Waals surface area contributed by atoms with E-state index in [1.54, 1.807) is 4.90 Å². The van der Waals surface area contributed by atoms with Gasteiger partial charge >= 0.3 is 0 Å². The van der Waals surface area contributed by atoms with Gasteiger partial charge in [0.05, 0.1) is 0 Å². The molecule has 3 N–H and O–H groups in total. The second-order valence-corrected chi connectivity index (χ2v) is 7.51. The zero-order valence-corrected chi connectivity index (χ0v) is 17.9. The van der Waals surface area contributed by atoms with E-state index in [0.717, 1.165) is 30.6 Å². The Labute approximate surface area is 179 Å². The third kappa shape index (κ3) is 5.35. The molecule has 4 nitrogen and oxygen atoms in total. The van der Waals surface area contributed by atoms with Crippen LogP contribution in [0.3, 0.4) is 0 Å². The van der Waals surface area contributed by atoms with Crippen molar-refractivity contribution in [2.45, 2.75) is 32.4 Å². The molecule has 3 rings (SSSR count). The van der Waals surface area contributed by atoms with Crippen LogP contribution in [0.1, 0.15) is 29.5 Å². The van der Waals surface area contributed by atoms with Gasteiger partial charge in [-0.25, -0.2) is 0 Å². The Morgan fingerprint density at radius 2 is 1.57 bits per heavy atom. The fourth-order valence-electron chi connectivity index (χ4n) is 3.79. The minimum atomic E-state index is 0.128. The van der Waals surface area contributed by atoms with E-state index in [4.69, 9.17) is 5.73 Å². The van der Waals surface area contributed by atoms with Gasteiger partial charge < -0.3 is 16.0 Å². The molecule has 0 atom stereocenters. The number of hydrogen-bond donors (Lipinski definition) is 2. The Bertz CT molecular complexity index is 952. The highest BCUT2D eigenvalue weighted by Crippen LogP contribution is 2.23. The van der Waals surface area contributed by atoms with E-state index in [9.17, 15) is 4.79 Å². The second-order valence-electron chi connectivity index (χ2n) is 7.51. The third-order valence-electron chi connectivity index (χ3n) is 5.51. The lowest BCUT2D eigenvalue weighted by atomic mass is 9.96. The smallest absolute Gasteiger partial charge is 0.226 e. The van der Waals surface area contributed by atoms with Gasteiger partial charge in [0.2, 0.25) is 5.91 Å². The minimum absolute atomic E-state index is 0.128. The average Bonchev–Trinajstić information content (AvgIpc) is 2.79. The van der Waals surface area contributed by atoms with Crippen LogP contribution in [0.15, 0.2) is 72.8 Å². The zero-order chi connectivity index (χ0) is 21.3. The zero-order valence-electron chi connectivity index (χ0n) is 17.9.